The van der Waals surface area contributed by atoms with Gasteiger partial charge in [0.25, 0.3) is 0 Å². The lowest BCUT2D eigenvalue weighted by atomic mass is 10.0. The van der Waals surface area contributed by atoms with E-state index in [4.69, 9.17) is 24.8 Å². The van der Waals surface area contributed by atoms with Crippen LogP contribution in [0, 0.1) is 0 Å². The van der Waals surface area contributed by atoms with Crippen molar-refractivity contribution in [2.75, 3.05) is 26.4 Å². The van der Waals surface area contributed by atoms with E-state index >= 15 is 0 Å². The van der Waals surface area contributed by atoms with E-state index in [2.05, 4.69) is 18.4 Å². The Morgan fingerprint density at radius 2 is 1.07 bits per heavy atom. The topological polar surface area (TPSA) is 155 Å². The molecule has 0 heterocycles. The van der Waals surface area contributed by atoms with Gasteiger partial charge >= 0.3 is 19.8 Å². The predicted molar refractivity (Wildman–Crippen MR) is 171 cm³/mol. The summed E-state index contributed by atoms with van der Waals surface area (Å²) in [5.74, 6) is -1.78. The first-order valence-electron chi connectivity index (χ1n) is 17.1. The lowest BCUT2D eigenvalue weighted by molar-refractivity contribution is -0.154. The van der Waals surface area contributed by atoms with Crippen molar-refractivity contribution in [2.45, 2.75) is 167 Å². The van der Waals surface area contributed by atoms with Gasteiger partial charge in [0, 0.05) is 13.0 Å². The fourth-order valence-corrected chi connectivity index (χ4v) is 5.44. The molecule has 0 aliphatic rings. The van der Waals surface area contributed by atoms with Gasteiger partial charge in [0.1, 0.15) is 12.1 Å². The van der Waals surface area contributed by atoms with Crippen LogP contribution in [0.25, 0.3) is 0 Å². The van der Waals surface area contributed by atoms with Crippen molar-refractivity contribution < 1.29 is 42.7 Å². The van der Waals surface area contributed by atoms with Crippen LogP contribution in [-0.2, 0) is 32.7 Å². The lowest BCUT2D eigenvalue weighted by Gasteiger charge is -2.20. The number of carboxylic acids is 1. The maximum Gasteiger partial charge on any atom is 0.472 e. The second-order valence-electron chi connectivity index (χ2n) is 11.7. The zero-order valence-corrected chi connectivity index (χ0v) is 28.2. The van der Waals surface area contributed by atoms with E-state index in [1.165, 1.54) is 89.9 Å². The Morgan fingerprint density at radius 3 is 1.53 bits per heavy atom. The Hall–Kier alpha value is -1.03. The number of carbonyl (C=O) groups is 2. The number of ether oxygens (including phenoxy) is 2. The standard InChI is InChI=1S/C32H64NO9P/c1-3-5-7-9-11-12-13-14-15-16-17-19-21-23-25-39-26-29(27-40-43(37,38)41-28-30(33)32(35)36)42-31(34)24-22-20-18-10-8-6-4-2/h29-30H,3-28,33H2,1-2H3,(H,35,36)(H,37,38)/t29-,30+/m1/s1. The molecule has 0 fully saturated rings. The predicted octanol–water partition coefficient (Wildman–Crippen LogP) is 8.08. The van der Waals surface area contributed by atoms with Crippen molar-refractivity contribution in [2.24, 2.45) is 5.73 Å². The molecule has 0 radical (unpaired) electrons. The van der Waals surface area contributed by atoms with Gasteiger partial charge in [-0.15, -0.1) is 0 Å². The number of carboxylic acid groups (broad SMARTS) is 1. The van der Waals surface area contributed by atoms with E-state index in [0.29, 0.717) is 13.0 Å². The van der Waals surface area contributed by atoms with Crippen molar-refractivity contribution in [3.05, 3.63) is 0 Å². The molecule has 0 aliphatic carbocycles. The summed E-state index contributed by atoms with van der Waals surface area (Å²) in [5, 5.41) is 8.82. The number of phosphoric acid groups is 1. The molecule has 0 aliphatic heterocycles. The minimum atomic E-state index is -4.59. The molecule has 4 N–H and O–H groups in total. The summed E-state index contributed by atoms with van der Waals surface area (Å²) in [6, 6.07) is -1.46. The first kappa shape index (κ1) is 42.0. The molecule has 0 aromatic carbocycles. The van der Waals surface area contributed by atoms with Gasteiger partial charge in [-0.3, -0.25) is 18.6 Å². The number of hydrogen-bond donors (Lipinski definition) is 3. The van der Waals surface area contributed by atoms with E-state index in [9.17, 15) is 19.0 Å². The Kier molecular flexibility index (Phi) is 29.0. The average Bonchev–Trinajstić information content (AvgIpc) is 2.97. The van der Waals surface area contributed by atoms with E-state index in [0.717, 1.165) is 38.5 Å². The molecule has 0 spiro atoms. The molecule has 1 unspecified atom stereocenters. The van der Waals surface area contributed by atoms with E-state index < -0.39 is 45.1 Å². The Morgan fingerprint density at radius 1 is 0.651 bits per heavy atom. The minimum Gasteiger partial charge on any atom is -0.480 e. The summed E-state index contributed by atoms with van der Waals surface area (Å²) >= 11 is 0. The molecule has 0 aromatic heterocycles. The molecule has 10 nitrogen and oxygen atoms in total. The molecular weight excluding hydrogens is 573 g/mol. The van der Waals surface area contributed by atoms with Gasteiger partial charge < -0.3 is 25.2 Å². The third kappa shape index (κ3) is 29.4. The van der Waals surface area contributed by atoms with Crippen LogP contribution in [0.5, 0.6) is 0 Å². The third-order valence-electron chi connectivity index (χ3n) is 7.39. The first-order chi connectivity index (χ1) is 20.7. The van der Waals surface area contributed by atoms with Crippen LogP contribution in [0.1, 0.15) is 155 Å². The normalized spacial score (nSPS) is 14.3. The average molecular weight is 638 g/mol. The number of rotatable bonds is 33. The number of unbranched alkanes of at least 4 members (excludes halogenated alkanes) is 19. The summed E-state index contributed by atoms with van der Waals surface area (Å²) in [6.45, 7) is 3.83. The highest BCUT2D eigenvalue weighted by atomic mass is 31.2. The fraction of sp³-hybridized carbons (Fsp3) is 0.938. The molecule has 0 aromatic rings. The Bertz CT molecular complexity index is 710. The summed E-state index contributed by atoms with van der Waals surface area (Å²) in [5.41, 5.74) is 5.31. The molecule has 0 saturated carbocycles. The number of esters is 1. The van der Waals surface area contributed by atoms with Gasteiger partial charge in [0.15, 0.2) is 0 Å². The van der Waals surface area contributed by atoms with Crippen LogP contribution in [0.4, 0.5) is 0 Å². The molecule has 3 atom stereocenters. The second kappa shape index (κ2) is 29.7. The van der Waals surface area contributed by atoms with Crippen molar-refractivity contribution in [1.29, 1.82) is 0 Å². The highest BCUT2D eigenvalue weighted by Crippen LogP contribution is 2.43. The lowest BCUT2D eigenvalue weighted by Crippen LogP contribution is -2.34. The van der Waals surface area contributed by atoms with Crippen LogP contribution in [0.3, 0.4) is 0 Å². The SMILES string of the molecule is CCCCCCCCCCCCCCCCOC[C@H](COP(=O)(O)OC[C@H](N)C(=O)O)OC(=O)CCCCCCCCC. The summed E-state index contributed by atoms with van der Waals surface area (Å²) in [6.07, 6.45) is 24.6. The molecule has 43 heavy (non-hydrogen) atoms. The highest BCUT2D eigenvalue weighted by molar-refractivity contribution is 7.47. The van der Waals surface area contributed by atoms with Crippen LogP contribution in [0.2, 0.25) is 0 Å². The number of nitrogens with two attached hydrogens (primary N) is 1. The zero-order valence-electron chi connectivity index (χ0n) is 27.3. The van der Waals surface area contributed by atoms with Gasteiger partial charge in [-0.05, 0) is 12.8 Å². The molecule has 11 heteroatoms. The van der Waals surface area contributed by atoms with Crippen molar-refractivity contribution >= 4 is 19.8 Å². The fourth-order valence-electron chi connectivity index (χ4n) is 4.66. The molecule has 256 valence electrons. The molecule has 0 bridgehead atoms. The minimum absolute atomic E-state index is 0.0237. The molecule has 0 saturated heterocycles. The smallest absolute Gasteiger partial charge is 0.472 e. The summed E-state index contributed by atoms with van der Waals surface area (Å²) in [7, 11) is -4.59. The van der Waals surface area contributed by atoms with E-state index in [1.54, 1.807) is 0 Å². The van der Waals surface area contributed by atoms with Gasteiger partial charge in [-0.1, -0.05) is 136 Å². The largest absolute Gasteiger partial charge is 0.480 e. The summed E-state index contributed by atoms with van der Waals surface area (Å²) in [4.78, 5) is 33.1. The third-order valence-corrected chi connectivity index (χ3v) is 8.34. The van der Waals surface area contributed by atoms with Gasteiger partial charge in [0.2, 0.25) is 0 Å². The van der Waals surface area contributed by atoms with Crippen molar-refractivity contribution in [3.63, 3.8) is 0 Å². The van der Waals surface area contributed by atoms with Crippen LogP contribution in [0.15, 0.2) is 0 Å². The summed E-state index contributed by atoms with van der Waals surface area (Å²) < 4.78 is 33.0. The molecule has 0 amide bonds. The van der Waals surface area contributed by atoms with E-state index in [1.807, 2.05) is 0 Å². The molecule has 0 rings (SSSR count). The number of phosphoric ester groups is 1. The van der Waals surface area contributed by atoms with E-state index in [-0.39, 0.29) is 13.0 Å². The van der Waals surface area contributed by atoms with Gasteiger partial charge in [-0.2, -0.15) is 0 Å². The maximum atomic E-state index is 12.4. The van der Waals surface area contributed by atoms with Crippen molar-refractivity contribution in [1.82, 2.24) is 0 Å². The zero-order chi connectivity index (χ0) is 32.0. The van der Waals surface area contributed by atoms with Crippen LogP contribution in [-0.4, -0.2) is 60.5 Å². The second-order valence-corrected chi connectivity index (χ2v) is 13.1. The quantitative estimate of drug-likeness (QED) is 0.0365. The number of hydrogen-bond acceptors (Lipinski definition) is 8. The molecular formula is C32H64NO9P. The first-order valence-corrected chi connectivity index (χ1v) is 18.6. The number of carbonyl (C=O) groups excluding carboxylic acids is 1. The van der Waals surface area contributed by atoms with Crippen molar-refractivity contribution in [3.8, 4) is 0 Å². The number of aliphatic carboxylic acids is 1. The van der Waals surface area contributed by atoms with Crippen LogP contribution < -0.4 is 5.73 Å². The Labute approximate surface area is 261 Å². The maximum absolute atomic E-state index is 12.4. The van der Waals surface area contributed by atoms with Gasteiger partial charge in [0.05, 0.1) is 19.8 Å². The monoisotopic (exact) mass is 637 g/mol. The van der Waals surface area contributed by atoms with Crippen LogP contribution >= 0.6 is 7.82 Å². The highest BCUT2D eigenvalue weighted by Gasteiger charge is 2.27. The van der Waals surface area contributed by atoms with Gasteiger partial charge in [-0.25, -0.2) is 4.57 Å². The Balaban J connectivity index is 4.25.